The Kier molecular flexibility index (Phi) is 10.4. The summed E-state index contributed by atoms with van der Waals surface area (Å²) in [7, 11) is 0. The van der Waals surface area contributed by atoms with E-state index in [-0.39, 0.29) is 11.9 Å². The van der Waals surface area contributed by atoms with E-state index in [1.807, 2.05) is 6.92 Å². The molecular formula is C23H41N3O4. The first-order valence-corrected chi connectivity index (χ1v) is 12.0. The molecule has 0 heterocycles. The first kappa shape index (κ1) is 24.5. The Morgan fingerprint density at radius 3 is 2.20 bits per heavy atom. The molecule has 0 bridgehead atoms. The molecule has 4 N–H and O–H groups in total. The second kappa shape index (κ2) is 12.8. The molecule has 2 fully saturated rings. The molecule has 2 rings (SSSR count). The van der Waals surface area contributed by atoms with Gasteiger partial charge in [-0.15, -0.1) is 0 Å². The van der Waals surface area contributed by atoms with Crippen LogP contribution in [-0.2, 0) is 9.59 Å². The van der Waals surface area contributed by atoms with E-state index in [0.717, 1.165) is 44.9 Å². The molecule has 0 aliphatic heterocycles. The van der Waals surface area contributed by atoms with Crippen molar-refractivity contribution in [2.24, 2.45) is 11.8 Å². The first-order valence-electron chi connectivity index (χ1n) is 12.0. The third-order valence-electron chi connectivity index (χ3n) is 6.80. The van der Waals surface area contributed by atoms with E-state index in [1.54, 1.807) is 0 Å². The van der Waals surface area contributed by atoms with Crippen LogP contribution in [0.4, 0.5) is 4.79 Å². The molecule has 30 heavy (non-hydrogen) atoms. The number of carbonyl (C=O) groups is 3. The topological polar surface area (TPSA) is 108 Å². The summed E-state index contributed by atoms with van der Waals surface area (Å²) in [5, 5.41) is 17.9. The molecule has 172 valence electrons. The minimum absolute atomic E-state index is 0.130. The van der Waals surface area contributed by atoms with Crippen LogP contribution in [-0.4, -0.2) is 41.1 Å². The number of aliphatic carboxylic acids is 1. The van der Waals surface area contributed by atoms with Crippen molar-refractivity contribution in [2.45, 2.75) is 115 Å². The highest BCUT2D eigenvalue weighted by Gasteiger charge is 2.30. The molecule has 4 atom stereocenters. The predicted molar refractivity (Wildman–Crippen MR) is 117 cm³/mol. The summed E-state index contributed by atoms with van der Waals surface area (Å²) in [5.74, 6) is -0.302. The zero-order valence-electron chi connectivity index (χ0n) is 18.8. The van der Waals surface area contributed by atoms with Gasteiger partial charge in [-0.25, -0.2) is 9.59 Å². The van der Waals surface area contributed by atoms with E-state index in [2.05, 4.69) is 22.9 Å². The zero-order chi connectivity index (χ0) is 21.9. The van der Waals surface area contributed by atoms with Crippen molar-refractivity contribution in [3.8, 4) is 0 Å². The van der Waals surface area contributed by atoms with Gasteiger partial charge in [-0.1, -0.05) is 71.6 Å². The molecule has 2 aliphatic rings. The maximum Gasteiger partial charge on any atom is 0.326 e. The fraction of sp³-hybridized carbons (Fsp3) is 0.870. The van der Waals surface area contributed by atoms with Gasteiger partial charge in [0, 0.05) is 6.04 Å². The summed E-state index contributed by atoms with van der Waals surface area (Å²) >= 11 is 0. The van der Waals surface area contributed by atoms with Crippen LogP contribution in [0.5, 0.6) is 0 Å². The summed E-state index contributed by atoms with van der Waals surface area (Å²) in [6.07, 6.45) is 12.7. The van der Waals surface area contributed by atoms with Gasteiger partial charge < -0.3 is 21.1 Å². The van der Waals surface area contributed by atoms with E-state index in [0.29, 0.717) is 24.7 Å². The molecule has 3 amide bonds. The van der Waals surface area contributed by atoms with Crippen molar-refractivity contribution in [3.63, 3.8) is 0 Å². The molecular weight excluding hydrogens is 382 g/mol. The second-order valence-electron chi connectivity index (χ2n) is 9.32. The Labute approximate surface area is 181 Å². The van der Waals surface area contributed by atoms with Gasteiger partial charge in [0.25, 0.3) is 0 Å². The van der Waals surface area contributed by atoms with Gasteiger partial charge in [-0.2, -0.15) is 0 Å². The molecule has 0 aromatic carbocycles. The van der Waals surface area contributed by atoms with Crippen molar-refractivity contribution in [1.82, 2.24) is 16.0 Å². The summed E-state index contributed by atoms with van der Waals surface area (Å²) in [6, 6.07) is -1.96. The summed E-state index contributed by atoms with van der Waals surface area (Å²) in [4.78, 5) is 37.1. The number of hydrogen-bond acceptors (Lipinski definition) is 3. The lowest BCUT2D eigenvalue weighted by Gasteiger charge is -2.32. The Hall–Kier alpha value is -1.79. The minimum Gasteiger partial charge on any atom is -0.480 e. The molecule has 7 nitrogen and oxygen atoms in total. The molecule has 2 aliphatic carbocycles. The van der Waals surface area contributed by atoms with Crippen LogP contribution in [0.2, 0.25) is 0 Å². The van der Waals surface area contributed by atoms with Crippen molar-refractivity contribution >= 4 is 17.9 Å². The third kappa shape index (κ3) is 8.15. The summed E-state index contributed by atoms with van der Waals surface area (Å²) in [5.41, 5.74) is 0. The maximum absolute atomic E-state index is 13.1. The van der Waals surface area contributed by atoms with Crippen LogP contribution in [0.25, 0.3) is 0 Å². The monoisotopic (exact) mass is 423 g/mol. The second-order valence-corrected chi connectivity index (χ2v) is 9.32. The zero-order valence-corrected chi connectivity index (χ0v) is 18.8. The molecule has 0 radical (unpaired) electrons. The number of unbranched alkanes of at least 4 members (excludes halogenated alkanes) is 1. The quantitative estimate of drug-likeness (QED) is 0.426. The van der Waals surface area contributed by atoms with Crippen molar-refractivity contribution in [3.05, 3.63) is 0 Å². The van der Waals surface area contributed by atoms with Crippen LogP contribution < -0.4 is 16.0 Å². The molecule has 7 heteroatoms. The number of rotatable bonds is 10. The van der Waals surface area contributed by atoms with E-state index in [9.17, 15) is 19.5 Å². The highest BCUT2D eigenvalue weighted by molar-refractivity contribution is 5.89. The number of amides is 3. The normalized spacial score (nSPS) is 24.5. The van der Waals surface area contributed by atoms with Crippen molar-refractivity contribution < 1.29 is 19.5 Å². The van der Waals surface area contributed by atoms with Gasteiger partial charge in [0.2, 0.25) is 5.91 Å². The Morgan fingerprint density at radius 1 is 0.933 bits per heavy atom. The SMILES string of the molecule is CCCCC(NC(=O)N[C@H](CC1CCCCC1)C(=O)NC1CCCCC1C)C(=O)O. The fourth-order valence-electron chi connectivity index (χ4n) is 4.83. The highest BCUT2D eigenvalue weighted by Crippen LogP contribution is 2.28. The van der Waals surface area contributed by atoms with Gasteiger partial charge in [-0.3, -0.25) is 4.79 Å². The van der Waals surface area contributed by atoms with Crippen molar-refractivity contribution in [2.75, 3.05) is 0 Å². The Morgan fingerprint density at radius 2 is 1.57 bits per heavy atom. The summed E-state index contributed by atoms with van der Waals surface area (Å²) in [6.45, 7) is 4.15. The number of hydrogen-bond donors (Lipinski definition) is 4. The number of carboxylic acids is 1. The van der Waals surface area contributed by atoms with Crippen molar-refractivity contribution in [1.29, 1.82) is 0 Å². The lowest BCUT2D eigenvalue weighted by atomic mass is 9.83. The highest BCUT2D eigenvalue weighted by atomic mass is 16.4. The maximum atomic E-state index is 13.1. The molecule has 0 saturated heterocycles. The van der Waals surface area contributed by atoms with E-state index in [1.165, 1.54) is 25.7 Å². The van der Waals surface area contributed by atoms with Gasteiger partial charge in [0.15, 0.2) is 0 Å². The van der Waals surface area contributed by atoms with Crippen LogP contribution in [0.3, 0.4) is 0 Å². The molecule has 2 saturated carbocycles. The van der Waals surface area contributed by atoms with Gasteiger partial charge in [-0.05, 0) is 37.5 Å². The van der Waals surface area contributed by atoms with Crippen LogP contribution in [0, 0.1) is 11.8 Å². The van der Waals surface area contributed by atoms with Gasteiger partial charge >= 0.3 is 12.0 Å². The lowest BCUT2D eigenvalue weighted by molar-refractivity contribution is -0.139. The van der Waals surface area contributed by atoms with E-state index >= 15 is 0 Å². The Bertz CT molecular complexity index is 563. The standard InChI is InChI=1S/C23H41N3O4/c1-3-4-13-19(22(28)29)25-23(30)26-20(15-17-11-6-5-7-12-17)21(27)24-18-14-9-8-10-16(18)2/h16-20H,3-15H2,1-2H3,(H,24,27)(H,28,29)(H2,25,26,30)/t16?,18?,19?,20-/m1/s1. The molecule has 3 unspecified atom stereocenters. The van der Waals surface area contributed by atoms with Gasteiger partial charge in [0.05, 0.1) is 0 Å². The average Bonchev–Trinajstić information content (AvgIpc) is 2.72. The molecule has 0 aromatic rings. The number of carbonyl (C=O) groups excluding carboxylic acids is 2. The van der Waals surface area contributed by atoms with E-state index < -0.39 is 24.1 Å². The lowest BCUT2D eigenvalue weighted by Crippen LogP contribution is -2.56. The van der Waals surface area contributed by atoms with Crippen LogP contribution in [0.15, 0.2) is 0 Å². The molecule has 0 spiro atoms. The smallest absolute Gasteiger partial charge is 0.326 e. The Balaban J connectivity index is 1.99. The summed E-state index contributed by atoms with van der Waals surface area (Å²) < 4.78 is 0. The fourth-order valence-corrected chi connectivity index (χ4v) is 4.83. The van der Waals surface area contributed by atoms with E-state index in [4.69, 9.17) is 0 Å². The molecule has 0 aromatic heterocycles. The van der Waals surface area contributed by atoms with Crippen LogP contribution >= 0.6 is 0 Å². The predicted octanol–water partition coefficient (Wildman–Crippen LogP) is 3.96. The largest absolute Gasteiger partial charge is 0.480 e. The first-order chi connectivity index (χ1) is 14.4. The number of nitrogens with one attached hydrogen (secondary N) is 3. The average molecular weight is 424 g/mol. The third-order valence-corrected chi connectivity index (χ3v) is 6.80. The minimum atomic E-state index is -1.04. The van der Waals surface area contributed by atoms with Crippen LogP contribution in [0.1, 0.15) is 97.3 Å². The van der Waals surface area contributed by atoms with Gasteiger partial charge in [0.1, 0.15) is 12.1 Å². The number of carboxylic acid groups (broad SMARTS) is 1. The number of urea groups is 1.